The van der Waals surface area contributed by atoms with Crippen LogP contribution in [0.5, 0.6) is 5.75 Å². The molecule has 0 saturated heterocycles. The van der Waals surface area contributed by atoms with E-state index in [0.29, 0.717) is 17.9 Å². The van der Waals surface area contributed by atoms with Crippen molar-refractivity contribution in [1.29, 1.82) is 0 Å². The Morgan fingerprint density at radius 1 is 1.43 bits per heavy atom. The number of thioether (sulfide) groups is 1. The highest BCUT2D eigenvalue weighted by molar-refractivity contribution is 9.10. The summed E-state index contributed by atoms with van der Waals surface area (Å²) >= 11 is 5.08. The van der Waals surface area contributed by atoms with Crippen LogP contribution in [0.4, 0.5) is 5.69 Å². The minimum absolute atomic E-state index is 0. The average Bonchev–Trinajstić information content (AvgIpc) is 2.34. The Kier molecular flexibility index (Phi) is 10.1. The fourth-order valence-electron chi connectivity index (χ4n) is 1.59. The van der Waals surface area contributed by atoms with Crippen LogP contribution in [0.1, 0.15) is 20.3 Å². The molecule has 0 radical (unpaired) electrons. The summed E-state index contributed by atoms with van der Waals surface area (Å²) in [4.78, 5) is 12.0. The predicted molar refractivity (Wildman–Crippen MR) is 96.8 cm³/mol. The lowest BCUT2D eigenvalue weighted by molar-refractivity contribution is -0.117. The highest BCUT2D eigenvalue weighted by Crippen LogP contribution is 2.25. The van der Waals surface area contributed by atoms with Crippen molar-refractivity contribution in [3.63, 3.8) is 0 Å². The summed E-state index contributed by atoms with van der Waals surface area (Å²) in [6.45, 7) is 3.91. The quantitative estimate of drug-likeness (QED) is 0.736. The lowest BCUT2D eigenvalue weighted by Gasteiger charge is -2.14. The minimum atomic E-state index is -0.490. The van der Waals surface area contributed by atoms with E-state index in [2.05, 4.69) is 21.2 Å². The van der Waals surface area contributed by atoms with Gasteiger partial charge in [0, 0.05) is 16.2 Å². The maximum absolute atomic E-state index is 12.0. The monoisotopic (exact) mass is 396 g/mol. The molecule has 0 fully saturated rings. The van der Waals surface area contributed by atoms with Crippen LogP contribution in [0.2, 0.25) is 0 Å². The van der Waals surface area contributed by atoms with Crippen molar-refractivity contribution in [2.45, 2.75) is 32.4 Å². The van der Waals surface area contributed by atoms with Crippen molar-refractivity contribution in [1.82, 2.24) is 0 Å². The van der Waals surface area contributed by atoms with Crippen LogP contribution < -0.4 is 15.8 Å². The molecule has 0 spiro atoms. The molecule has 0 saturated carbocycles. The maximum atomic E-state index is 12.0. The lowest BCUT2D eigenvalue weighted by atomic mass is 10.2. The normalized spacial score (nSPS) is 11.7. The molecule has 0 unspecified atom stereocenters. The summed E-state index contributed by atoms with van der Waals surface area (Å²) < 4.78 is 6.48. The van der Waals surface area contributed by atoms with Crippen LogP contribution in [-0.2, 0) is 4.79 Å². The van der Waals surface area contributed by atoms with Gasteiger partial charge >= 0.3 is 0 Å². The summed E-state index contributed by atoms with van der Waals surface area (Å²) in [5, 5.41) is 2.82. The number of hydrogen-bond donors (Lipinski definition) is 2. The summed E-state index contributed by atoms with van der Waals surface area (Å²) in [6.07, 6.45) is 2.74. The third-order valence-corrected chi connectivity index (χ3v) is 3.58. The topological polar surface area (TPSA) is 64.4 Å². The van der Waals surface area contributed by atoms with Crippen LogP contribution in [0.3, 0.4) is 0 Å². The second-order valence-corrected chi connectivity index (χ2v) is 6.62. The molecule has 1 aromatic carbocycles. The molecule has 1 rings (SSSR count). The standard InChI is InChI=1S/C14H21BrN2O2S.ClH/c1-9(2)19-12-7-10(15)6-11(8-12)17-14(18)13(16)4-5-20-3;/h6-9,13H,4-5,16H2,1-3H3,(H,17,18);1H/t13-;/m0./s1. The number of rotatable bonds is 7. The molecule has 0 aliphatic rings. The Balaban J connectivity index is 0.00000400. The summed E-state index contributed by atoms with van der Waals surface area (Å²) in [5.74, 6) is 1.41. The Hall–Kier alpha value is -0.430. The SMILES string of the molecule is CSCC[C@H](N)C(=O)Nc1cc(Br)cc(OC(C)C)c1.Cl. The van der Waals surface area contributed by atoms with E-state index in [1.165, 1.54) is 0 Å². The molecule has 120 valence electrons. The number of nitrogens with one attached hydrogen (secondary N) is 1. The van der Waals surface area contributed by atoms with Gasteiger partial charge in [-0.1, -0.05) is 15.9 Å². The molecule has 0 bridgehead atoms. The first kappa shape index (κ1) is 20.6. The van der Waals surface area contributed by atoms with Gasteiger partial charge in [-0.25, -0.2) is 0 Å². The van der Waals surface area contributed by atoms with Gasteiger partial charge < -0.3 is 15.8 Å². The Labute approximate surface area is 145 Å². The van der Waals surface area contributed by atoms with Gasteiger partial charge in [-0.15, -0.1) is 12.4 Å². The third kappa shape index (κ3) is 7.95. The number of ether oxygens (including phenoxy) is 1. The fraction of sp³-hybridized carbons (Fsp3) is 0.500. The number of nitrogens with two attached hydrogens (primary N) is 1. The highest BCUT2D eigenvalue weighted by atomic mass is 79.9. The van der Waals surface area contributed by atoms with E-state index in [1.807, 2.05) is 32.2 Å². The molecule has 0 heterocycles. The molecule has 0 aliphatic heterocycles. The summed E-state index contributed by atoms with van der Waals surface area (Å²) in [7, 11) is 0. The second kappa shape index (κ2) is 10.3. The third-order valence-electron chi connectivity index (χ3n) is 2.48. The zero-order chi connectivity index (χ0) is 15.1. The highest BCUT2D eigenvalue weighted by Gasteiger charge is 2.14. The van der Waals surface area contributed by atoms with E-state index in [-0.39, 0.29) is 24.4 Å². The van der Waals surface area contributed by atoms with Crippen molar-refractivity contribution in [3.05, 3.63) is 22.7 Å². The van der Waals surface area contributed by atoms with Gasteiger partial charge in [-0.2, -0.15) is 11.8 Å². The first-order chi connectivity index (χ1) is 9.42. The van der Waals surface area contributed by atoms with Gasteiger partial charge in [0.05, 0.1) is 12.1 Å². The first-order valence-electron chi connectivity index (χ1n) is 6.45. The molecule has 0 aromatic heterocycles. The number of anilines is 1. The molecule has 0 aliphatic carbocycles. The smallest absolute Gasteiger partial charge is 0.241 e. The maximum Gasteiger partial charge on any atom is 0.241 e. The van der Waals surface area contributed by atoms with Gasteiger partial charge in [0.1, 0.15) is 5.75 Å². The second-order valence-electron chi connectivity index (χ2n) is 4.72. The van der Waals surface area contributed by atoms with Crippen LogP contribution in [0.15, 0.2) is 22.7 Å². The van der Waals surface area contributed by atoms with E-state index >= 15 is 0 Å². The van der Waals surface area contributed by atoms with Gasteiger partial charge in [-0.05, 0) is 44.4 Å². The van der Waals surface area contributed by atoms with Crippen molar-refractivity contribution in [2.24, 2.45) is 5.73 Å². The van der Waals surface area contributed by atoms with E-state index < -0.39 is 6.04 Å². The zero-order valence-electron chi connectivity index (χ0n) is 12.4. The van der Waals surface area contributed by atoms with E-state index in [0.717, 1.165) is 10.2 Å². The molecular formula is C14H22BrClN2O2S. The van der Waals surface area contributed by atoms with Gasteiger partial charge in [0.25, 0.3) is 0 Å². The Bertz CT molecular complexity index is 461. The lowest BCUT2D eigenvalue weighted by Crippen LogP contribution is -2.36. The van der Waals surface area contributed by atoms with Crippen molar-refractivity contribution >= 4 is 51.7 Å². The molecular weight excluding hydrogens is 376 g/mol. The van der Waals surface area contributed by atoms with Crippen molar-refractivity contribution < 1.29 is 9.53 Å². The molecule has 1 aromatic rings. The van der Waals surface area contributed by atoms with Crippen molar-refractivity contribution in [2.75, 3.05) is 17.3 Å². The predicted octanol–water partition coefficient (Wildman–Crippen LogP) is 3.68. The molecule has 7 heteroatoms. The minimum Gasteiger partial charge on any atom is -0.491 e. The van der Waals surface area contributed by atoms with Gasteiger partial charge in [0.2, 0.25) is 5.91 Å². The van der Waals surface area contributed by atoms with Crippen LogP contribution in [0, 0.1) is 0 Å². The Morgan fingerprint density at radius 3 is 2.67 bits per heavy atom. The number of carbonyl (C=O) groups excluding carboxylic acids is 1. The summed E-state index contributed by atoms with van der Waals surface area (Å²) in [5.41, 5.74) is 6.52. The largest absolute Gasteiger partial charge is 0.491 e. The van der Waals surface area contributed by atoms with E-state index in [1.54, 1.807) is 17.8 Å². The van der Waals surface area contributed by atoms with Gasteiger partial charge in [-0.3, -0.25) is 4.79 Å². The first-order valence-corrected chi connectivity index (χ1v) is 8.63. The van der Waals surface area contributed by atoms with Crippen LogP contribution >= 0.6 is 40.1 Å². The van der Waals surface area contributed by atoms with Crippen LogP contribution in [0.25, 0.3) is 0 Å². The number of carbonyl (C=O) groups is 1. The van der Waals surface area contributed by atoms with E-state index in [9.17, 15) is 4.79 Å². The van der Waals surface area contributed by atoms with Crippen LogP contribution in [-0.4, -0.2) is 30.1 Å². The number of benzene rings is 1. The van der Waals surface area contributed by atoms with Gasteiger partial charge in [0.15, 0.2) is 0 Å². The number of halogens is 2. The number of hydrogen-bond acceptors (Lipinski definition) is 4. The Morgan fingerprint density at radius 2 is 2.10 bits per heavy atom. The fourth-order valence-corrected chi connectivity index (χ4v) is 2.55. The number of amides is 1. The van der Waals surface area contributed by atoms with E-state index in [4.69, 9.17) is 10.5 Å². The average molecular weight is 398 g/mol. The molecule has 1 amide bonds. The van der Waals surface area contributed by atoms with Crippen molar-refractivity contribution in [3.8, 4) is 5.75 Å². The molecule has 21 heavy (non-hydrogen) atoms. The summed E-state index contributed by atoms with van der Waals surface area (Å²) in [6, 6.07) is 5.00. The molecule has 1 atom stereocenters. The molecule has 3 N–H and O–H groups in total. The molecule has 4 nitrogen and oxygen atoms in total. The zero-order valence-corrected chi connectivity index (χ0v) is 15.6.